The minimum atomic E-state index is 0.661. The first-order chi connectivity index (χ1) is 13.9. The maximum atomic E-state index is 5.91. The Bertz CT molecular complexity index is 1210. The number of aromatic amines is 1. The van der Waals surface area contributed by atoms with Crippen LogP contribution in [0.2, 0.25) is 0 Å². The normalized spacial score (nSPS) is 10.9. The highest BCUT2D eigenvalue weighted by atomic mass is 16.5. The van der Waals surface area contributed by atoms with E-state index in [0.717, 1.165) is 34.1 Å². The van der Waals surface area contributed by atoms with Crippen LogP contribution in [0.25, 0.3) is 16.9 Å². The number of para-hydroxylation sites is 1. The summed E-state index contributed by atoms with van der Waals surface area (Å²) in [5.41, 5.74) is 3.49. The number of fused-ring (bicyclic) bond motifs is 1. The van der Waals surface area contributed by atoms with E-state index in [2.05, 4.69) is 25.5 Å². The number of nitrogens with one attached hydrogen (secondary N) is 2. The van der Waals surface area contributed by atoms with Crippen LogP contribution < -0.4 is 10.1 Å². The molecule has 5 aromatic rings. The molecule has 28 heavy (non-hydrogen) atoms. The third-order valence-corrected chi connectivity index (χ3v) is 4.30. The highest BCUT2D eigenvalue weighted by Gasteiger charge is 2.11. The molecule has 3 heterocycles. The second kappa shape index (κ2) is 6.88. The fourth-order valence-corrected chi connectivity index (χ4v) is 3.01. The topological polar surface area (TPSA) is 80.1 Å². The molecule has 2 aromatic carbocycles. The summed E-state index contributed by atoms with van der Waals surface area (Å²) in [5.74, 6) is 2.19. The van der Waals surface area contributed by atoms with Gasteiger partial charge in [0, 0.05) is 35.9 Å². The molecule has 0 spiro atoms. The number of hydrogen-bond donors (Lipinski definition) is 2. The van der Waals surface area contributed by atoms with E-state index < -0.39 is 0 Å². The lowest BCUT2D eigenvalue weighted by molar-refractivity contribution is 0.483. The van der Waals surface area contributed by atoms with E-state index in [1.807, 2.05) is 77.6 Å². The SMILES string of the molecule is c1ccc(Oc2cccc(Nc3nccn4c(-c5cn[nH]c5)cnc34)c2)cc1. The predicted octanol–water partition coefficient (Wildman–Crippen LogP) is 4.66. The number of ether oxygens (including phenoxy) is 1. The fraction of sp³-hybridized carbons (Fsp3) is 0. The lowest BCUT2D eigenvalue weighted by Crippen LogP contribution is -1.98. The van der Waals surface area contributed by atoms with E-state index in [1.165, 1.54) is 0 Å². The Balaban J connectivity index is 1.45. The highest BCUT2D eigenvalue weighted by molar-refractivity contribution is 5.74. The number of aromatic nitrogens is 5. The van der Waals surface area contributed by atoms with E-state index in [-0.39, 0.29) is 0 Å². The first-order valence-corrected chi connectivity index (χ1v) is 8.78. The van der Waals surface area contributed by atoms with Crippen molar-refractivity contribution in [2.45, 2.75) is 0 Å². The van der Waals surface area contributed by atoms with Gasteiger partial charge in [0.1, 0.15) is 11.5 Å². The van der Waals surface area contributed by atoms with Crippen LogP contribution in [0.15, 0.2) is 85.6 Å². The number of imidazole rings is 1. The van der Waals surface area contributed by atoms with Gasteiger partial charge in [0.05, 0.1) is 18.1 Å². The van der Waals surface area contributed by atoms with Crippen molar-refractivity contribution in [2.24, 2.45) is 0 Å². The van der Waals surface area contributed by atoms with E-state index in [0.29, 0.717) is 5.82 Å². The third-order valence-electron chi connectivity index (χ3n) is 4.30. The van der Waals surface area contributed by atoms with Gasteiger partial charge in [-0.25, -0.2) is 9.97 Å². The fourth-order valence-electron chi connectivity index (χ4n) is 3.01. The monoisotopic (exact) mass is 368 g/mol. The molecule has 0 bridgehead atoms. The van der Waals surface area contributed by atoms with E-state index in [4.69, 9.17) is 4.74 Å². The van der Waals surface area contributed by atoms with Crippen LogP contribution in [-0.4, -0.2) is 24.6 Å². The quantitative estimate of drug-likeness (QED) is 0.472. The lowest BCUT2D eigenvalue weighted by Gasteiger charge is -2.10. The number of rotatable bonds is 5. The van der Waals surface area contributed by atoms with Gasteiger partial charge < -0.3 is 10.1 Å². The number of benzene rings is 2. The Morgan fingerprint density at radius 2 is 1.82 bits per heavy atom. The summed E-state index contributed by atoms with van der Waals surface area (Å²) in [6, 6.07) is 17.4. The Morgan fingerprint density at radius 3 is 2.68 bits per heavy atom. The second-order valence-electron chi connectivity index (χ2n) is 6.17. The van der Waals surface area contributed by atoms with Crippen molar-refractivity contribution >= 4 is 17.2 Å². The molecule has 0 fully saturated rings. The number of hydrogen-bond acceptors (Lipinski definition) is 5. The molecule has 0 amide bonds. The Kier molecular flexibility index (Phi) is 3.95. The minimum Gasteiger partial charge on any atom is -0.457 e. The van der Waals surface area contributed by atoms with Crippen LogP contribution in [0.4, 0.5) is 11.5 Å². The Hall–Kier alpha value is -4.13. The smallest absolute Gasteiger partial charge is 0.180 e. The highest BCUT2D eigenvalue weighted by Crippen LogP contribution is 2.27. The van der Waals surface area contributed by atoms with Crippen LogP contribution in [-0.2, 0) is 0 Å². The third kappa shape index (κ3) is 3.05. The lowest BCUT2D eigenvalue weighted by atomic mass is 10.3. The van der Waals surface area contributed by atoms with Crippen LogP contribution in [0, 0.1) is 0 Å². The molecule has 2 N–H and O–H groups in total. The van der Waals surface area contributed by atoms with Crippen molar-refractivity contribution in [3.63, 3.8) is 0 Å². The summed E-state index contributed by atoms with van der Waals surface area (Å²) in [5, 5.41) is 10.2. The maximum absolute atomic E-state index is 5.91. The van der Waals surface area contributed by atoms with E-state index >= 15 is 0 Å². The van der Waals surface area contributed by atoms with Crippen molar-refractivity contribution in [3.8, 4) is 22.8 Å². The molecule has 0 radical (unpaired) electrons. The summed E-state index contributed by atoms with van der Waals surface area (Å²) < 4.78 is 7.88. The summed E-state index contributed by atoms with van der Waals surface area (Å²) in [6.07, 6.45) is 9.03. The number of H-pyrrole nitrogens is 1. The van der Waals surface area contributed by atoms with Gasteiger partial charge in [-0.05, 0) is 24.3 Å². The summed E-state index contributed by atoms with van der Waals surface area (Å²) >= 11 is 0. The molecule has 0 unspecified atom stereocenters. The van der Waals surface area contributed by atoms with Crippen LogP contribution in [0.1, 0.15) is 0 Å². The maximum Gasteiger partial charge on any atom is 0.180 e. The number of nitrogens with zero attached hydrogens (tertiary/aromatic N) is 4. The van der Waals surface area contributed by atoms with Crippen molar-refractivity contribution in [1.29, 1.82) is 0 Å². The Labute approximate surface area is 160 Å². The molecule has 7 nitrogen and oxygen atoms in total. The molecule has 0 aliphatic heterocycles. The van der Waals surface area contributed by atoms with Crippen molar-refractivity contribution in [2.75, 3.05) is 5.32 Å². The zero-order chi connectivity index (χ0) is 18.8. The predicted molar refractivity (Wildman–Crippen MR) is 107 cm³/mol. The zero-order valence-electron chi connectivity index (χ0n) is 14.8. The van der Waals surface area contributed by atoms with Crippen LogP contribution in [0.5, 0.6) is 11.5 Å². The molecule has 5 rings (SSSR count). The van der Waals surface area contributed by atoms with Gasteiger partial charge in [-0.15, -0.1) is 0 Å². The van der Waals surface area contributed by atoms with Crippen molar-refractivity contribution in [3.05, 3.63) is 85.6 Å². The summed E-state index contributed by atoms with van der Waals surface area (Å²) in [6.45, 7) is 0. The van der Waals surface area contributed by atoms with Gasteiger partial charge in [0.15, 0.2) is 11.5 Å². The molecule has 0 saturated carbocycles. The van der Waals surface area contributed by atoms with Crippen molar-refractivity contribution in [1.82, 2.24) is 24.6 Å². The van der Waals surface area contributed by atoms with Crippen LogP contribution >= 0.6 is 0 Å². The summed E-state index contributed by atoms with van der Waals surface area (Å²) in [4.78, 5) is 8.98. The van der Waals surface area contributed by atoms with Crippen molar-refractivity contribution < 1.29 is 4.74 Å². The average Bonchev–Trinajstić information content (AvgIpc) is 3.39. The summed E-state index contributed by atoms with van der Waals surface area (Å²) in [7, 11) is 0. The zero-order valence-corrected chi connectivity index (χ0v) is 14.8. The molecule has 7 heteroatoms. The molecular weight excluding hydrogens is 352 g/mol. The van der Waals surface area contributed by atoms with E-state index in [9.17, 15) is 0 Å². The number of anilines is 2. The van der Waals surface area contributed by atoms with Gasteiger partial charge >= 0.3 is 0 Å². The standard InChI is InChI=1S/C21H16N6O/c1-2-6-17(7-3-1)28-18-8-4-5-16(11-18)26-20-21-23-14-19(15-12-24-25-13-15)27(21)10-9-22-20/h1-14H,(H,22,26)(H,24,25). The first kappa shape index (κ1) is 16.1. The molecule has 136 valence electrons. The molecule has 3 aromatic heterocycles. The van der Waals surface area contributed by atoms with Gasteiger partial charge in [0.25, 0.3) is 0 Å². The average molecular weight is 368 g/mol. The molecule has 0 atom stereocenters. The molecule has 0 saturated heterocycles. The van der Waals surface area contributed by atoms with Crippen LogP contribution in [0.3, 0.4) is 0 Å². The van der Waals surface area contributed by atoms with Gasteiger partial charge in [-0.1, -0.05) is 24.3 Å². The van der Waals surface area contributed by atoms with Gasteiger partial charge in [-0.3, -0.25) is 9.50 Å². The Morgan fingerprint density at radius 1 is 0.929 bits per heavy atom. The van der Waals surface area contributed by atoms with E-state index in [1.54, 1.807) is 12.4 Å². The van der Waals surface area contributed by atoms with Gasteiger partial charge in [0.2, 0.25) is 0 Å². The second-order valence-corrected chi connectivity index (χ2v) is 6.17. The molecule has 0 aliphatic carbocycles. The molecule has 0 aliphatic rings. The van der Waals surface area contributed by atoms with Gasteiger partial charge in [-0.2, -0.15) is 5.10 Å². The largest absolute Gasteiger partial charge is 0.457 e. The molecular formula is C21H16N6O. The minimum absolute atomic E-state index is 0.661. The first-order valence-electron chi connectivity index (χ1n) is 8.78.